The van der Waals surface area contributed by atoms with Gasteiger partial charge in [-0.2, -0.15) is 0 Å². The second-order valence-corrected chi connectivity index (χ2v) is 5.15. The number of nitrogens with two attached hydrogens (primary N) is 2. The molecule has 1 heterocycles. The molecule has 0 radical (unpaired) electrons. The number of aromatic nitrogens is 1. The molecular weight excluding hydrogens is 228 g/mol. The number of rotatable bonds is 5. The third-order valence-electron chi connectivity index (χ3n) is 3.35. The largest absolute Gasteiger partial charge is 0.366 e. The summed E-state index contributed by atoms with van der Waals surface area (Å²) >= 11 is 0. The number of pyridine rings is 1. The lowest BCUT2D eigenvalue weighted by molar-refractivity contribution is 0.1000. The Balaban J connectivity index is 3.07. The van der Waals surface area contributed by atoms with Gasteiger partial charge in [-0.3, -0.25) is 4.79 Å². The molecule has 0 fully saturated rings. The molecule has 1 atom stereocenters. The monoisotopic (exact) mass is 250 g/mol. The van der Waals surface area contributed by atoms with Crippen molar-refractivity contribution in [3.8, 4) is 0 Å². The van der Waals surface area contributed by atoms with E-state index in [4.69, 9.17) is 11.5 Å². The first kappa shape index (κ1) is 14.4. The van der Waals surface area contributed by atoms with Gasteiger partial charge in [0.2, 0.25) is 5.91 Å². The molecule has 18 heavy (non-hydrogen) atoms. The van der Waals surface area contributed by atoms with E-state index in [0.717, 1.165) is 5.69 Å². The zero-order chi connectivity index (χ0) is 13.9. The summed E-state index contributed by atoms with van der Waals surface area (Å²) in [5.74, 6) is 0.509. The Hall–Kier alpha value is -1.62. The highest BCUT2D eigenvalue weighted by Gasteiger charge is 2.27. The molecule has 0 aromatic carbocycles. The average molecular weight is 250 g/mol. The van der Waals surface area contributed by atoms with Gasteiger partial charge in [0.25, 0.3) is 0 Å². The van der Waals surface area contributed by atoms with Gasteiger partial charge in [-0.05, 0) is 31.9 Å². The third-order valence-corrected chi connectivity index (χ3v) is 3.35. The summed E-state index contributed by atoms with van der Waals surface area (Å²) in [4.78, 5) is 15.6. The normalized spacial score (nSPS) is 14.3. The predicted molar refractivity (Wildman–Crippen MR) is 73.4 cm³/mol. The van der Waals surface area contributed by atoms with Crippen molar-refractivity contribution < 1.29 is 4.79 Å². The quantitative estimate of drug-likeness (QED) is 0.733. The first-order valence-electron chi connectivity index (χ1n) is 6.05. The SMILES string of the molecule is Cc1cc(C(N)=O)cc(NC(C)(CN)C(C)C)n1. The maximum absolute atomic E-state index is 11.2. The molecule has 100 valence electrons. The predicted octanol–water partition coefficient (Wildman–Crippen LogP) is 1.27. The van der Waals surface area contributed by atoms with E-state index in [0.29, 0.717) is 23.8 Å². The number of nitrogens with one attached hydrogen (secondary N) is 1. The lowest BCUT2D eigenvalue weighted by Gasteiger charge is -2.34. The van der Waals surface area contributed by atoms with Crippen LogP contribution in [-0.4, -0.2) is 23.0 Å². The smallest absolute Gasteiger partial charge is 0.248 e. The summed E-state index contributed by atoms with van der Waals surface area (Å²) in [5.41, 5.74) is 12.0. The van der Waals surface area contributed by atoms with Crippen LogP contribution in [-0.2, 0) is 0 Å². The van der Waals surface area contributed by atoms with Crippen LogP contribution in [0.3, 0.4) is 0 Å². The molecule has 1 aromatic rings. The van der Waals surface area contributed by atoms with Crippen molar-refractivity contribution in [1.29, 1.82) is 0 Å². The van der Waals surface area contributed by atoms with Crippen LogP contribution in [0.1, 0.15) is 36.8 Å². The summed E-state index contributed by atoms with van der Waals surface area (Å²) in [7, 11) is 0. The average Bonchev–Trinajstić information content (AvgIpc) is 2.27. The van der Waals surface area contributed by atoms with Crippen LogP contribution in [0, 0.1) is 12.8 Å². The van der Waals surface area contributed by atoms with Crippen LogP contribution in [0.4, 0.5) is 5.82 Å². The molecule has 0 bridgehead atoms. The van der Waals surface area contributed by atoms with Crippen molar-refractivity contribution in [1.82, 2.24) is 4.98 Å². The van der Waals surface area contributed by atoms with Gasteiger partial charge in [0.15, 0.2) is 0 Å². The molecule has 1 aromatic heterocycles. The number of hydrogen-bond donors (Lipinski definition) is 3. The van der Waals surface area contributed by atoms with Gasteiger partial charge in [0.1, 0.15) is 5.82 Å². The summed E-state index contributed by atoms with van der Waals surface area (Å²) in [6, 6.07) is 3.33. The number of primary amides is 1. The topological polar surface area (TPSA) is 94.0 Å². The molecule has 5 nitrogen and oxygen atoms in total. The van der Waals surface area contributed by atoms with E-state index in [2.05, 4.69) is 24.1 Å². The number of hydrogen-bond acceptors (Lipinski definition) is 4. The van der Waals surface area contributed by atoms with Crippen LogP contribution in [0.5, 0.6) is 0 Å². The lowest BCUT2D eigenvalue weighted by Crippen LogP contribution is -2.47. The van der Waals surface area contributed by atoms with E-state index in [1.54, 1.807) is 12.1 Å². The minimum Gasteiger partial charge on any atom is -0.366 e. The molecule has 1 unspecified atom stereocenters. The fourth-order valence-corrected chi connectivity index (χ4v) is 1.60. The molecule has 1 amide bonds. The number of carbonyl (C=O) groups is 1. The van der Waals surface area contributed by atoms with E-state index in [1.807, 2.05) is 13.8 Å². The number of amides is 1. The van der Waals surface area contributed by atoms with E-state index < -0.39 is 5.91 Å². The van der Waals surface area contributed by atoms with Crippen LogP contribution in [0.2, 0.25) is 0 Å². The van der Waals surface area contributed by atoms with E-state index in [-0.39, 0.29) is 5.54 Å². The number of anilines is 1. The zero-order valence-electron chi connectivity index (χ0n) is 11.4. The molecule has 0 aliphatic carbocycles. The van der Waals surface area contributed by atoms with Gasteiger partial charge in [-0.1, -0.05) is 13.8 Å². The van der Waals surface area contributed by atoms with Crippen LogP contribution in [0.15, 0.2) is 12.1 Å². The van der Waals surface area contributed by atoms with E-state index in [9.17, 15) is 4.79 Å². The van der Waals surface area contributed by atoms with Crippen LogP contribution in [0.25, 0.3) is 0 Å². The van der Waals surface area contributed by atoms with Gasteiger partial charge in [-0.15, -0.1) is 0 Å². The Bertz CT molecular complexity index is 445. The third kappa shape index (κ3) is 3.20. The Morgan fingerprint density at radius 2 is 2.11 bits per heavy atom. The zero-order valence-corrected chi connectivity index (χ0v) is 11.4. The van der Waals surface area contributed by atoms with Gasteiger partial charge < -0.3 is 16.8 Å². The fourth-order valence-electron chi connectivity index (χ4n) is 1.60. The second-order valence-electron chi connectivity index (χ2n) is 5.15. The summed E-state index contributed by atoms with van der Waals surface area (Å²) < 4.78 is 0. The highest BCUT2D eigenvalue weighted by Crippen LogP contribution is 2.21. The van der Waals surface area contributed by atoms with Gasteiger partial charge in [-0.25, -0.2) is 4.98 Å². The number of nitrogens with zero attached hydrogens (tertiary/aromatic N) is 1. The Kier molecular flexibility index (Phi) is 4.29. The highest BCUT2D eigenvalue weighted by atomic mass is 16.1. The highest BCUT2D eigenvalue weighted by molar-refractivity contribution is 5.93. The molecule has 1 rings (SSSR count). The fraction of sp³-hybridized carbons (Fsp3) is 0.538. The van der Waals surface area contributed by atoms with E-state index in [1.165, 1.54) is 0 Å². The maximum atomic E-state index is 11.2. The van der Waals surface area contributed by atoms with Crippen LogP contribution >= 0.6 is 0 Å². The van der Waals surface area contributed by atoms with Crippen molar-refractivity contribution in [2.24, 2.45) is 17.4 Å². The molecule has 0 aliphatic heterocycles. The number of aryl methyl sites for hydroxylation is 1. The Morgan fingerprint density at radius 1 is 1.50 bits per heavy atom. The minimum absolute atomic E-state index is 0.268. The second kappa shape index (κ2) is 5.35. The summed E-state index contributed by atoms with van der Waals surface area (Å²) in [6.07, 6.45) is 0. The van der Waals surface area contributed by atoms with Gasteiger partial charge >= 0.3 is 0 Å². The minimum atomic E-state index is -0.456. The van der Waals surface area contributed by atoms with E-state index >= 15 is 0 Å². The van der Waals surface area contributed by atoms with Crippen molar-refractivity contribution in [3.63, 3.8) is 0 Å². The molecule has 0 spiro atoms. The molecule has 5 heteroatoms. The first-order valence-corrected chi connectivity index (χ1v) is 6.05. The lowest BCUT2D eigenvalue weighted by atomic mass is 9.88. The Morgan fingerprint density at radius 3 is 2.56 bits per heavy atom. The van der Waals surface area contributed by atoms with Gasteiger partial charge in [0, 0.05) is 17.8 Å². The molecule has 5 N–H and O–H groups in total. The van der Waals surface area contributed by atoms with Crippen molar-refractivity contribution in [2.75, 3.05) is 11.9 Å². The van der Waals surface area contributed by atoms with Crippen molar-refractivity contribution in [3.05, 3.63) is 23.4 Å². The molecule has 0 saturated carbocycles. The Labute approximate surface area is 108 Å². The number of carbonyl (C=O) groups excluding carboxylic acids is 1. The van der Waals surface area contributed by atoms with Crippen molar-refractivity contribution >= 4 is 11.7 Å². The molecule has 0 saturated heterocycles. The molecule has 0 aliphatic rings. The van der Waals surface area contributed by atoms with Crippen LogP contribution < -0.4 is 16.8 Å². The molecular formula is C13H22N4O. The van der Waals surface area contributed by atoms with Gasteiger partial charge in [0.05, 0.1) is 5.54 Å². The standard InChI is InChI=1S/C13H22N4O/c1-8(2)13(4,7-14)17-11-6-10(12(15)18)5-9(3)16-11/h5-6,8H,7,14H2,1-4H3,(H2,15,18)(H,16,17). The van der Waals surface area contributed by atoms with Crippen molar-refractivity contribution in [2.45, 2.75) is 33.2 Å². The maximum Gasteiger partial charge on any atom is 0.248 e. The summed E-state index contributed by atoms with van der Waals surface area (Å²) in [5, 5.41) is 3.30. The summed E-state index contributed by atoms with van der Waals surface area (Å²) in [6.45, 7) is 8.51. The first-order chi connectivity index (χ1) is 8.28.